The van der Waals surface area contributed by atoms with Gasteiger partial charge in [0.2, 0.25) is 0 Å². The lowest BCUT2D eigenvalue weighted by atomic mass is 10.1. The van der Waals surface area contributed by atoms with Gasteiger partial charge in [-0.2, -0.15) is 0 Å². The Balaban J connectivity index is 1.73. The molecule has 0 saturated carbocycles. The van der Waals surface area contributed by atoms with Crippen molar-refractivity contribution in [3.8, 4) is 5.69 Å². The van der Waals surface area contributed by atoms with Gasteiger partial charge in [-0.25, -0.2) is 4.39 Å². The highest BCUT2D eigenvalue weighted by Crippen LogP contribution is 2.26. The summed E-state index contributed by atoms with van der Waals surface area (Å²) < 4.78 is 20.4. The van der Waals surface area contributed by atoms with Gasteiger partial charge in [-0.15, -0.1) is 10.2 Å². The van der Waals surface area contributed by atoms with E-state index in [1.54, 1.807) is 19.2 Å². The molecule has 0 saturated heterocycles. The Morgan fingerprint density at radius 3 is 2.50 bits per heavy atom. The molecule has 0 aliphatic carbocycles. The molecule has 0 fully saturated rings. The first kappa shape index (κ1) is 22.0. The van der Waals surface area contributed by atoms with Crippen molar-refractivity contribution < 1.29 is 13.9 Å². The molecule has 1 aromatic heterocycles. The molecule has 0 aliphatic rings. The molecule has 0 spiro atoms. The number of methoxy groups -OCH3 is 1. The first-order chi connectivity index (χ1) is 14.5. The molecule has 1 atom stereocenters. The number of rotatable bonds is 9. The minimum atomic E-state index is -0.299. The van der Waals surface area contributed by atoms with Crippen LogP contribution in [0.4, 0.5) is 4.39 Å². The molecule has 2 aromatic carbocycles. The molecule has 3 rings (SSSR count). The molecule has 0 aliphatic heterocycles. The van der Waals surface area contributed by atoms with Crippen molar-refractivity contribution in [3.63, 3.8) is 0 Å². The summed E-state index contributed by atoms with van der Waals surface area (Å²) in [7, 11) is 1.59. The number of carbonyl (C=O) groups excluding carboxylic acids is 1. The quantitative estimate of drug-likeness (QED) is 0.513. The van der Waals surface area contributed by atoms with E-state index >= 15 is 0 Å². The van der Waals surface area contributed by atoms with Crippen LogP contribution in [0.25, 0.3) is 5.69 Å². The van der Waals surface area contributed by atoms with Crippen molar-refractivity contribution in [1.29, 1.82) is 0 Å². The molecule has 30 heavy (non-hydrogen) atoms. The number of aromatic nitrogens is 3. The molecule has 1 amide bonds. The zero-order valence-electron chi connectivity index (χ0n) is 17.3. The number of thioether (sulfide) groups is 1. The molecular formula is C22H25FN4O2S. The minimum absolute atomic E-state index is 0.0659. The SMILES string of the molecule is CCC(C)NC(=O)c1ccc(CSc2nnc(COC)n2-c2ccc(F)cc2)cc1. The molecule has 6 nitrogen and oxygen atoms in total. The molecule has 1 heterocycles. The second-order valence-corrected chi connectivity index (χ2v) is 7.85. The van der Waals surface area contributed by atoms with Crippen LogP contribution in [-0.4, -0.2) is 33.8 Å². The molecule has 1 N–H and O–H groups in total. The van der Waals surface area contributed by atoms with Crippen LogP contribution in [0.15, 0.2) is 53.7 Å². The Morgan fingerprint density at radius 2 is 1.87 bits per heavy atom. The van der Waals surface area contributed by atoms with E-state index in [2.05, 4.69) is 15.5 Å². The lowest BCUT2D eigenvalue weighted by molar-refractivity contribution is 0.0939. The summed E-state index contributed by atoms with van der Waals surface area (Å²) in [5.41, 5.74) is 2.47. The van der Waals surface area contributed by atoms with Crippen LogP contribution >= 0.6 is 11.8 Å². The van der Waals surface area contributed by atoms with Crippen LogP contribution < -0.4 is 5.32 Å². The molecule has 1 unspecified atom stereocenters. The van der Waals surface area contributed by atoms with Crippen molar-refractivity contribution in [2.75, 3.05) is 7.11 Å². The fraction of sp³-hybridized carbons (Fsp3) is 0.318. The summed E-state index contributed by atoms with van der Waals surface area (Å²) in [6.07, 6.45) is 0.889. The fourth-order valence-electron chi connectivity index (χ4n) is 2.78. The average Bonchev–Trinajstić information content (AvgIpc) is 3.16. The highest BCUT2D eigenvalue weighted by molar-refractivity contribution is 7.98. The molecule has 3 aromatic rings. The van der Waals surface area contributed by atoms with Crippen molar-refractivity contribution in [1.82, 2.24) is 20.1 Å². The van der Waals surface area contributed by atoms with Crippen molar-refractivity contribution in [2.45, 2.75) is 43.8 Å². The van der Waals surface area contributed by atoms with Gasteiger partial charge < -0.3 is 10.1 Å². The molecule has 0 bridgehead atoms. The van der Waals surface area contributed by atoms with Gasteiger partial charge in [-0.05, 0) is 55.3 Å². The maximum atomic E-state index is 13.3. The van der Waals surface area contributed by atoms with Crippen LogP contribution in [0.3, 0.4) is 0 Å². The van der Waals surface area contributed by atoms with Gasteiger partial charge in [-0.1, -0.05) is 30.8 Å². The van der Waals surface area contributed by atoms with E-state index in [1.807, 2.05) is 42.7 Å². The van der Waals surface area contributed by atoms with E-state index in [0.717, 1.165) is 17.7 Å². The summed E-state index contributed by atoms with van der Waals surface area (Å²) >= 11 is 1.51. The monoisotopic (exact) mass is 428 g/mol. The van der Waals surface area contributed by atoms with Gasteiger partial charge in [-0.3, -0.25) is 9.36 Å². The average molecular weight is 429 g/mol. The normalized spacial score (nSPS) is 12.0. The second-order valence-electron chi connectivity index (χ2n) is 6.91. The summed E-state index contributed by atoms with van der Waals surface area (Å²) in [5.74, 6) is 0.929. The summed E-state index contributed by atoms with van der Waals surface area (Å²) in [6.45, 7) is 4.32. The fourth-order valence-corrected chi connectivity index (χ4v) is 3.70. The number of carbonyl (C=O) groups is 1. The number of halogens is 1. The Labute approximate surface area is 179 Å². The van der Waals surface area contributed by atoms with Crippen LogP contribution in [0, 0.1) is 5.82 Å². The first-order valence-corrected chi connectivity index (χ1v) is 10.7. The third-order valence-corrected chi connectivity index (χ3v) is 5.63. The van der Waals surface area contributed by atoms with E-state index in [4.69, 9.17) is 4.74 Å². The standard InChI is InChI=1S/C22H25FN4O2S/c1-4-15(2)24-21(28)17-7-5-16(6-8-17)14-30-22-26-25-20(13-29-3)27(22)19-11-9-18(23)10-12-19/h5-12,15H,4,13-14H2,1-3H3,(H,24,28). The van der Waals surface area contributed by atoms with Gasteiger partial charge >= 0.3 is 0 Å². The van der Waals surface area contributed by atoms with Crippen LogP contribution in [0.5, 0.6) is 0 Å². The van der Waals surface area contributed by atoms with E-state index in [1.165, 1.54) is 23.9 Å². The molecule has 8 heteroatoms. The van der Waals surface area contributed by atoms with Crippen molar-refractivity contribution in [3.05, 3.63) is 71.3 Å². The number of ether oxygens (including phenoxy) is 1. The van der Waals surface area contributed by atoms with Crippen LogP contribution in [0.2, 0.25) is 0 Å². The van der Waals surface area contributed by atoms with Crippen LogP contribution in [0.1, 0.15) is 42.0 Å². The number of nitrogens with zero attached hydrogens (tertiary/aromatic N) is 3. The van der Waals surface area contributed by atoms with E-state index in [0.29, 0.717) is 28.9 Å². The summed E-state index contributed by atoms with van der Waals surface area (Å²) in [4.78, 5) is 12.2. The zero-order valence-corrected chi connectivity index (χ0v) is 18.1. The number of amides is 1. The Kier molecular flexibility index (Phi) is 7.59. The number of nitrogens with one attached hydrogen (secondary N) is 1. The maximum Gasteiger partial charge on any atom is 0.251 e. The first-order valence-electron chi connectivity index (χ1n) is 9.73. The Bertz CT molecular complexity index is 974. The smallest absolute Gasteiger partial charge is 0.251 e. The predicted molar refractivity (Wildman–Crippen MR) is 115 cm³/mol. The van der Waals surface area contributed by atoms with Gasteiger partial charge in [0.25, 0.3) is 5.91 Å². The van der Waals surface area contributed by atoms with E-state index < -0.39 is 0 Å². The summed E-state index contributed by atoms with van der Waals surface area (Å²) in [6, 6.07) is 13.9. The highest BCUT2D eigenvalue weighted by Gasteiger charge is 2.15. The van der Waals surface area contributed by atoms with Gasteiger partial charge in [0.1, 0.15) is 12.4 Å². The Hall–Kier alpha value is -2.71. The third-order valence-electron chi connectivity index (χ3n) is 4.63. The minimum Gasteiger partial charge on any atom is -0.377 e. The zero-order chi connectivity index (χ0) is 21.5. The number of hydrogen-bond donors (Lipinski definition) is 1. The number of hydrogen-bond acceptors (Lipinski definition) is 5. The van der Waals surface area contributed by atoms with Gasteiger partial charge in [0.05, 0.1) is 0 Å². The van der Waals surface area contributed by atoms with Crippen molar-refractivity contribution in [2.24, 2.45) is 0 Å². The highest BCUT2D eigenvalue weighted by atomic mass is 32.2. The van der Waals surface area contributed by atoms with Gasteiger partial charge in [0.15, 0.2) is 11.0 Å². The predicted octanol–water partition coefficient (Wildman–Crippen LogP) is 4.37. The number of benzene rings is 2. The Morgan fingerprint density at radius 1 is 1.17 bits per heavy atom. The molecular weight excluding hydrogens is 403 g/mol. The molecule has 0 radical (unpaired) electrons. The van der Waals surface area contributed by atoms with Gasteiger partial charge in [0, 0.05) is 30.2 Å². The maximum absolute atomic E-state index is 13.3. The topological polar surface area (TPSA) is 69.0 Å². The summed E-state index contributed by atoms with van der Waals surface area (Å²) in [5, 5.41) is 12.1. The van der Waals surface area contributed by atoms with Crippen LogP contribution in [-0.2, 0) is 17.1 Å². The van der Waals surface area contributed by atoms with E-state index in [-0.39, 0.29) is 17.8 Å². The molecule has 158 valence electrons. The largest absolute Gasteiger partial charge is 0.377 e. The second kappa shape index (κ2) is 10.4. The lowest BCUT2D eigenvalue weighted by Gasteiger charge is -2.12. The van der Waals surface area contributed by atoms with Crippen molar-refractivity contribution >= 4 is 17.7 Å². The third kappa shape index (κ3) is 5.46. The van der Waals surface area contributed by atoms with E-state index in [9.17, 15) is 9.18 Å². The lowest BCUT2D eigenvalue weighted by Crippen LogP contribution is -2.31.